The molecule has 0 radical (unpaired) electrons. The molecule has 1 spiro atoms. The maximum absolute atomic E-state index is 12.5. The molecule has 0 saturated carbocycles. The summed E-state index contributed by atoms with van der Waals surface area (Å²) < 4.78 is 6.99. The molecular formula is C38H26N2O3. The van der Waals surface area contributed by atoms with E-state index in [1.165, 1.54) is 16.3 Å². The zero-order valence-electron chi connectivity index (χ0n) is 23.9. The fraction of sp³-hybridized carbons (Fsp3) is 0.132. The Morgan fingerprint density at radius 2 is 1.44 bits per heavy atom. The lowest BCUT2D eigenvalue weighted by atomic mass is 9.76. The van der Waals surface area contributed by atoms with Gasteiger partial charge in [0.05, 0.1) is 11.6 Å². The fourth-order valence-electron chi connectivity index (χ4n) is 7.72. The Morgan fingerprint density at radius 3 is 2.30 bits per heavy atom. The van der Waals surface area contributed by atoms with Crippen molar-refractivity contribution in [3.8, 4) is 16.9 Å². The third-order valence-electron chi connectivity index (χ3n) is 9.92. The Kier molecular flexibility index (Phi) is 4.50. The van der Waals surface area contributed by atoms with Crippen molar-refractivity contribution in [3.05, 3.63) is 114 Å². The quantitative estimate of drug-likeness (QED) is 0.190. The molecule has 43 heavy (non-hydrogen) atoms. The van der Waals surface area contributed by atoms with Crippen molar-refractivity contribution >= 4 is 61.5 Å². The SMILES string of the molecule is CN1c2ccc3ccccc3c2C(C)(C)C12C=Nc1c(ccc3cc(-c4ccc5c6c(cccc46)C(=O)C5=O)ccc13)O2. The lowest BCUT2D eigenvalue weighted by Gasteiger charge is -2.45. The minimum Gasteiger partial charge on any atom is -0.459 e. The molecular weight excluding hydrogens is 532 g/mol. The van der Waals surface area contributed by atoms with Crippen molar-refractivity contribution in [2.75, 3.05) is 11.9 Å². The molecule has 5 nitrogen and oxygen atoms in total. The van der Waals surface area contributed by atoms with Crippen LogP contribution in [0.2, 0.25) is 0 Å². The first-order valence-corrected chi connectivity index (χ1v) is 14.5. The second kappa shape index (κ2) is 7.96. The summed E-state index contributed by atoms with van der Waals surface area (Å²) in [5.74, 6) is -0.0982. The van der Waals surface area contributed by atoms with Gasteiger partial charge >= 0.3 is 0 Å². The highest BCUT2D eigenvalue weighted by atomic mass is 16.5. The standard InChI is InChI=1S/C38H26N2O3/c1-37(2)33-25-8-5-4-7-21(25)12-17-30(33)40(3)38(37)20-39-34-26-14-11-22(19-23(26)13-18-31(34)43-38)24-15-16-29-32-27(24)9-6-10-28(32)35(41)36(29)42/h4-20H,1-3H3. The highest BCUT2D eigenvalue weighted by molar-refractivity contribution is 6.57. The van der Waals surface area contributed by atoms with E-state index in [1.807, 2.05) is 30.5 Å². The molecule has 6 aromatic rings. The van der Waals surface area contributed by atoms with E-state index in [4.69, 9.17) is 9.73 Å². The Hall–Kier alpha value is -5.29. The van der Waals surface area contributed by atoms with Gasteiger partial charge in [-0.1, -0.05) is 72.8 Å². The van der Waals surface area contributed by atoms with E-state index in [-0.39, 0.29) is 5.41 Å². The number of Topliss-reactive ketones (excluding diaryl/α,β-unsaturated/α-hetero) is 2. The number of fused-ring (bicyclic) bond motifs is 6. The minimum atomic E-state index is -0.778. The molecule has 5 heteroatoms. The average Bonchev–Trinajstić information content (AvgIpc) is 3.37. The Morgan fingerprint density at radius 1 is 0.698 bits per heavy atom. The molecule has 0 bridgehead atoms. The number of carbonyl (C=O) groups excluding carboxylic acids is 2. The van der Waals surface area contributed by atoms with Gasteiger partial charge in [0.2, 0.25) is 17.3 Å². The summed E-state index contributed by atoms with van der Waals surface area (Å²) in [6, 6.07) is 32.6. The van der Waals surface area contributed by atoms with E-state index in [2.05, 4.69) is 86.5 Å². The van der Waals surface area contributed by atoms with Gasteiger partial charge in [0.25, 0.3) is 0 Å². The van der Waals surface area contributed by atoms with Crippen molar-refractivity contribution in [1.29, 1.82) is 0 Å². The number of aliphatic imine (C=N–C) groups is 1. The van der Waals surface area contributed by atoms with Crippen LogP contribution in [0.4, 0.5) is 11.4 Å². The van der Waals surface area contributed by atoms with E-state index in [9.17, 15) is 9.59 Å². The molecule has 0 saturated heterocycles. The van der Waals surface area contributed by atoms with Crippen LogP contribution in [-0.2, 0) is 5.41 Å². The highest BCUT2D eigenvalue weighted by Gasteiger charge is 2.59. The molecule has 3 aliphatic rings. The van der Waals surface area contributed by atoms with Crippen LogP contribution in [0.25, 0.3) is 43.4 Å². The summed E-state index contributed by atoms with van der Waals surface area (Å²) in [5.41, 5.74) is 5.06. The Balaban J connectivity index is 1.16. The molecule has 1 aliphatic carbocycles. The van der Waals surface area contributed by atoms with Crippen molar-refractivity contribution in [1.82, 2.24) is 0 Å². The van der Waals surface area contributed by atoms with Gasteiger partial charge in [-0.25, -0.2) is 0 Å². The van der Waals surface area contributed by atoms with Crippen LogP contribution in [0.1, 0.15) is 40.1 Å². The predicted molar refractivity (Wildman–Crippen MR) is 172 cm³/mol. The summed E-state index contributed by atoms with van der Waals surface area (Å²) in [4.78, 5) is 32.4. The molecule has 2 aliphatic heterocycles. The second-order valence-corrected chi connectivity index (χ2v) is 12.3. The predicted octanol–water partition coefficient (Wildman–Crippen LogP) is 8.41. The third-order valence-corrected chi connectivity index (χ3v) is 9.92. The van der Waals surface area contributed by atoms with Gasteiger partial charge in [0.15, 0.2) is 0 Å². The first-order valence-electron chi connectivity index (χ1n) is 14.5. The summed E-state index contributed by atoms with van der Waals surface area (Å²) >= 11 is 0. The number of benzene rings is 6. The largest absolute Gasteiger partial charge is 0.459 e. The van der Waals surface area contributed by atoms with Gasteiger partial charge in [-0.05, 0) is 76.3 Å². The number of ketones is 2. The Bertz CT molecular complexity index is 2290. The lowest BCUT2D eigenvalue weighted by molar-refractivity contribution is 0.0825. The van der Waals surface area contributed by atoms with Crippen molar-refractivity contribution in [2.24, 2.45) is 4.99 Å². The van der Waals surface area contributed by atoms with Gasteiger partial charge in [0, 0.05) is 34.6 Å². The third kappa shape index (κ3) is 2.89. The molecule has 1 atom stereocenters. The molecule has 9 rings (SSSR count). The van der Waals surface area contributed by atoms with E-state index in [0.29, 0.717) is 11.1 Å². The number of ether oxygens (including phenoxy) is 1. The van der Waals surface area contributed by atoms with Crippen LogP contribution in [0.3, 0.4) is 0 Å². The van der Waals surface area contributed by atoms with E-state index >= 15 is 0 Å². The monoisotopic (exact) mass is 558 g/mol. The summed E-state index contributed by atoms with van der Waals surface area (Å²) in [5, 5.41) is 6.16. The van der Waals surface area contributed by atoms with Crippen LogP contribution in [0, 0.1) is 0 Å². The van der Waals surface area contributed by atoms with E-state index in [0.717, 1.165) is 49.8 Å². The van der Waals surface area contributed by atoms with Crippen LogP contribution < -0.4 is 9.64 Å². The molecule has 0 amide bonds. The number of likely N-dealkylation sites (N-methyl/N-ethyl adjacent to an activating group) is 1. The van der Waals surface area contributed by atoms with Crippen LogP contribution in [-0.4, -0.2) is 30.6 Å². The topological polar surface area (TPSA) is 59.0 Å². The average molecular weight is 559 g/mol. The van der Waals surface area contributed by atoms with Gasteiger partial charge in [-0.15, -0.1) is 0 Å². The number of anilines is 1. The van der Waals surface area contributed by atoms with Gasteiger partial charge in [-0.3, -0.25) is 14.6 Å². The molecule has 2 heterocycles. The number of rotatable bonds is 1. The first kappa shape index (κ1) is 24.3. The van der Waals surface area contributed by atoms with Crippen molar-refractivity contribution in [3.63, 3.8) is 0 Å². The summed E-state index contributed by atoms with van der Waals surface area (Å²) in [6.45, 7) is 4.48. The molecule has 0 aromatic heterocycles. The zero-order valence-corrected chi connectivity index (χ0v) is 23.9. The Labute approximate surface area is 248 Å². The van der Waals surface area contributed by atoms with Gasteiger partial charge in [-0.2, -0.15) is 0 Å². The number of carbonyl (C=O) groups is 2. The molecule has 6 aromatic carbocycles. The zero-order chi connectivity index (χ0) is 29.2. The summed E-state index contributed by atoms with van der Waals surface area (Å²) in [7, 11) is 2.09. The van der Waals surface area contributed by atoms with Crippen LogP contribution >= 0.6 is 0 Å². The molecule has 0 fully saturated rings. The van der Waals surface area contributed by atoms with Gasteiger partial charge < -0.3 is 9.64 Å². The summed E-state index contributed by atoms with van der Waals surface area (Å²) in [6.07, 6.45) is 1.98. The normalized spacial score (nSPS) is 19.5. The number of nitrogens with zero attached hydrogens (tertiary/aromatic N) is 2. The smallest absolute Gasteiger partial charge is 0.234 e. The molecule has 1 unspecified atom stereocenters. The highest BCUT2D eigenvalue weighted by Crippen LogP contribution is 2.56. The second-order valence-electron chi connectivity index (χ2n) is 12.3. The molecule has 0 N–H and O–H groups in total. The van der Waals surface area contributed by atoms with Gasteiger partial charge in [0.1, 0.15) is 11.4 Å². The maximum Gasteiger partial charge on any atom is 0.234 e. The van der Waals surface area contributed by atoms with Crippen LogP contribution in [0.15, 0.2) is 102 Å². The number of hydrogen-bond donors (Lipinski definition) is 0. The first-order chi connectivity index (χ1) is 20.8. The van der Waals surface area contributed by atoms with Crippen LogP contribution in [0.5, 0.6) is 5.75 Å². The van der Waals surface area contributed by atoms with Crippen molar-refractivity contribution < 1.29 is 14.3 Å². The van der Waals surface area contributed by atoms with E-state index in [1.54, 1.807) is 12.1 Å². The maximum atomic E-state index is 12.5. The minimum absolute atomic E-state index is 0.378. The molecule has 206 valence electrons. The number of hydrogen-bond acceptors (Lipinski definition) is 5. The van der Waals surface area contributed by atoms with Crippen molar-refractivity contribution in [2.45, 2.75) is 25.0 Å². The van der Waals surface area contributed by atoms with E-state index < -0.39 is 17.3 Å². The fourth-order valence-corrected chi connectivity index (χ4v) is 7.72. The lowest BCUT2D eigenvalue weighted by Crippen LogP contribution is -2.61.